The van der Waals surface area contributed by atoms with Crippen LogP contribution in [0.2, 0.25) is 0 Å². The highest BCUT2D eigenvalue weighted by atomic mass is 32.1. The summed E-state index contributed by atoms with van der Waals surface area (Å²) in [5.41, 5.74) is 1.97. The van der Waals surface area contributed by atoms with Crippen LogP contribution in [0.1, 0.15) is 10.4 Å². The van der Waals surface area contributed by atoms with Crippen LogP contribution < -0.4 is 4.74 Å². The Morgan fingerprint density at radius 3 is 3.16 bits per heavy atom. The highest BCUT2D eigenvalue weighted by Gasteiger charge is 1.98. The first kappa shape index (κ1) is 11.8. The minimum Gasteiger partial charge on any atom is -0.464 e. The Hall–Kier alpha value is -2.32. The smallest absolute Gasteiger partial charge is 0.217 e. The SMILES string of the molecule is Cc1ccsc1C#CCOc1ccn2nccc2n1. The van der Waals surface area contributed by atoms with Gasteiger partial charge in [-0.15, -0.1) is 11.3 Å². The number of aryl methyl sites for hydroxylation is 1. The van der Waals surface area contributed by atoms with E-state index in [1.165, 1.54) is 5.56 Å². The quantitative estimate of drug-likeness (QED) is 0.671. The van der Waals surface area contributed by atoms with Gasteiger partial charge in [0.2, 0.25) is 5.88 Å². The van der Waals surface area contributed by atoms with Gasteiger partial charge in [0, 0.05) is 18.3 Å². The molecule has 19 heavy (non-hydrogen) atoms. The van der Waals surface area contributed by atoms with Crippen molar-refractivity contribution in [2.45, 2.75) is 6.92 Å². The molecule has 5 heteroatoms. The van der Waals surface area contributed by atoms with E-state index in [1.807, 2.05) is 17.6 Å². The van der Waals surface area contributed by atoms with Crippen molar-refractivity contribution in [3.63, 3.8) is 0 Å². The number of hydrogen-bond acceptors (Lipinski definition) is 4. The zero-order chi connectivity index (χ0) is 13.1. The Labute approximate surface area is 114 Å². The molecule has 4 nitrogen and oxygen atoms in total. The van der Waals surface area contributed by atoms with Crippen LogP contribution in [0.25, 0.3) is 5.65 Å². The average Bonchev–Trinajstić information content (AvgIpc) is 3.03. The van der Waals surface area contributed by atoms with Gasteiger partial charge in [-0.1, -0.05) is 11.8 Å². The lowest BCUT2D eigenvalue weighted by Crippen LogP contribution is -1.98. The lowest BCUT2D eigenvalue weighted by atomic mass is 10.3. The molecule has 0 saturated carbocycles. The largest absolute Gasteiger partial charge is 0.464 e. The van der Waals surface area contributed by atoms with Gasteiger partial charge in [0.15, 0.2) is 12.3 Å². The van der Waals surface area contributed by atoms with Crippen molar-refractivity contribution in [2.75, 3.05) is 6.61 Å². The van der Waals surface area contributed by atoms with Crippen molar-refractivity contribution in [1.29, 1.82) is 0 Å². The normalized spacial score (nSPS) is 10.2. The second-order valence-electron chi connectivity index (χ2n) is 3.92. The van der Waals surface area contributed by atoms with E-state index in [-0.39, 0.29) is 0 Å². The third-order valence-corrected chi connectivity index (χ3v) is 3.52. The van der Waals surface area contributed by atoms with E-state index in [9.17, 15) is 0 Å². The summed E-state index contributed by atoms with van der Waals surface area (Å²) in [5.74, 6) is 6.65. The van der Waals surface area contributed by atoms with Crippen LogP contribution in [0.3, 0.4) is 0 Å². The molecule has 0 unspecified atom stereocenters. The fraction of sp³-hybridized carbons (Fsp3) is 0.143. The van der Waals surface area contributed by atoms with Crippen LogP contribution >= 0.6 is 11.3 Å². The number of ether oxygens (including phenoxy) is 1. The minimum atomic E-state index is 0.328. The molecule has 0 aliphatic carbocycles. The van der Waals surface area contributed by atoms with Crippen LogP contribution in [-0.2, 0) is 0 Å². The van der Waals surface area contributed by atoms with Gasteiger partial charge in [0.05, 0.1) is 11.1 Å². The molecule has 3 aromatic rings. The van der Waals surface area contributed by atoms with Crippen LogP contribution in [0, 0.1) is 18.8 Å². The van der Waals surface area contributed by atoms with Gasteiger partial charge in [0.25, 0.3) is 0 Å². The third-order valence-electron chi connectivity index (χ3n) is 2.59. The van der Waals surface area contributed by atoms with Gasteiger partial charge in [-0.3, -0.25) is 0 Å². The summed E-state index contributed by atoms with van der Waals surface area (Å²) in [6.45, 7) is 2.38. The van der Waals surface area contributed by atoms with E-state index in [1.54, 1.807) is 28.1 Å². The Balaban J connectivity index is 1.66. The summed E-state index contributed by atoms with van der Waals surface area (Å²) in [6, 6.07) is 5.66. The van der Waals surface area contributed by atoms with Crippen LogP contribution in [0.15, 0.2) is 36.0 Å². The van der Waals surface area contributed by atoms with Gasteiger partial charge in [0.1, 0.15) is 0 Å². The molecule has 0 atom stereocenters. The van der Waals surface area contributed by atoms with Crippen LogP contribution in [0.4, 0.5) is 0 Å². The van der Waals surface area contributed by atoms with E-state index in [4.69, 9.17) is 4.74 Å². The first-order valence-electron chi connectivity index (χ1n) is 5.79. The van der Waals surface area contributed by atoms with Gasteiger partial charge < -0.3 is 4.74 Å². The van der Waals surface area contributed by atoms with Crippen molar-refractivity contribution in [1.82, 2.24) is 14.6 Å². The summed E-state index contributed by atoms with van der Waals surface area (Å²) in [6.07, 6.45) is 3.51. The van der Waals surface area contributed by atoms with E-state index in [0.717, 1.165) is 10.5 Å². The molecule has 3 aromatic heterocycles. The molecule has 0 bridgehead atoms. The Morgan fingerprint density at radius 1 is 1.37 bits per heavy atom. The number of rotatable bonds is 2. The molecule has 0 fully saturated rings. The number of hydrogen-bond donors (Lipinski definition) is 0. The topological polar surface area (TPSA) is 39.4 Å². The summed E-state index contributed by atoms with van der Waals surface area (Å²) >= 11 is 1.64. The van der Waals surface area contributed by atoms with Crippen LogP contribution in [-0.4, -0.2) is 21.2 Å². The number of nitrogens with zero attached hydrogens (tertiary/aromatic N) is 3. The first-order chi connectivity index (χ1) is 9.33. The summed E-state index contributed by atoms with van der Waals surface area (Å²) in [5, 5.41) is 6.11. The Kier molecular flexibility index (Phi) is 3.17. The van der Waals surface area contributed by atoms with Crippen molar-refractivity contribution >= 4 is 17.0 Å². The number of fused-ring (bicyclic) bond motifs is 1. The second kappa shape index (κ2) is 5.12. The molecule has 0 radical (unpaired) electrons. The van der Waals surface area contributed by atoms with Gasteiger partial charge in [-0.25, -0.2) is 4.52 Å². The molecule has 0 amide bonds. The van der Waals surface area contributed by atoms with Gasteiger partial charge in [-0.05, 0) is 23.9 Å². The highest BCUT2D eigenvalue weighted by Crippen LogP contribution is 2.13. The lowest BCUT2D eigenvalue weighted by molar-refractivity contribution is 0.355. The maximum Gasteiger partial charge on any atom is 0.217 e. The minimum absolute atomic E-state index is 0.328. The maximum atomic E-state index is 5.50. The van der Waals surface area contributed by atoms with Crippen molar-refractivity contribution in [2.24, 2.45) is 0 Å². The van der Waals surface area contributed by atoms with E-state index in [0.29, 0.717) is 12.5 Å². The summed E-state index contributed by atoms with van der Waals surface area (Å²) in [7, 11) is 0. The Morgan fingerprint density at radius 2 is 2.32 bits per heavy atom. The number of thiophene rings is 1. The molecule has 3 heterocycles. The molecule has 0 spiro atoms. The van der Waals surface area contributed by atoms with Crippen molar-refractivity contribution in [3.8, 4) is 17.7 Å². The fourth-order valence-corrected chi connectivity index (χ4v) is 2.40. The van der Waals surface area contributed by atoms with Crippen molar-refractivity contribution < 1.29 is 4.74 Å². The molecular weight excluding hydrogens is 258 g/mol. The molecule has 0 saturated heterocycles. The molecule has 94 valence electrons. The predicted molar refractivity (Wildman–Crippen MR) is 74.4 cm³/mol. The summed E-state index contributed by atoms with van der Waals surface area (Å²) in [4.78, 5) is 5.39. The van der Waals surface area contributed by atoms with E-state index < -0.39 is 0 Å². The molecule has 0 aliphatic rings. The maximum absolute atomic E-state index is 5.50. The summed E-state index contributed by atoms with van der Waals surface area (Å²) < 4.78 is 7.19. The standard InChI is InChI=1S/C14H11N3OS/c1-11-6-10-19-12(11)3-2-9-18-14-5-8-17-13(16-14)4-7-15-17/h4-8,10H,9H2,1H3. The van der Waals surface area contributed by atoms with E-state index in [2.05, 4.69) is 34.9 Å². The van der Waals surface area contributed by atoms with Crippen molar-refractivity contribution in [3.05, 3.63) is 46.4 Å². The highest BCUT2D eigenvalue weighted by molar-refractivity contribution is 7.10. The monoisotopic (exact) mass is 269 g/mol. The number of aromatic nitrogens is 3. The molecule has 0 aliphatic heterocycles. The lowest BCUT2D eigenvalue weighted by Gasteiger charge is -2.00. The van der Waals surface area contributed by atoms with Crippen LogP contribution in [0.5, 0.6) is 5.88 Å². The van der Waals surface area contributed by atoms with Gasteiger partial charge >= 0.3 is 0 Å². The predicted octanol–water partition coefficient (Wildman–Crippen LogP) is 2.53. The molecule has 0 aromatic carbocycles. The third kappa shape index (κ3) is 2.59. The first-order valence-corrected chi connectivity index (χ1v) is 6.67. The van der Waals surface area contributed by atoms with Gasteiger partial charge in [-0.2, -0.15) is 10.1 Å². The Bertz CT molecular complexity index is 763. The molecule has 3 rings (SSSR count). The molecule has 0 N–H and O–H groups in total. The molecular formula is C14H11N3OS. The van der Waals surface area contributed by atoms with E-state index >= 15 is 0 Å². The fourth-order valence-electron chi connectivity index (χ4n) is 1.60. The second-order valence-corrected chi connectivity index (χ2v) is 4.84. The average molecular weight is 269 g/mol. The zero-order valence-electron chi connectivity index (χ0n) is 10.3. The zero-order valence-corrected chi connectivity index (χ0v) is 11.1.